The monoisotopic (exact) mass is 333 g/mol. The van der Waals surface area contributed by atoms with Gasteiger partial charge >= 0.3 is 0 Å². The third kappa shape index (κ3) is 4.26. The predicted molar refractivity (Wildman–Crippen MR) is 94.5 cm³/mol. The van der Waals surface area contributed by atoms with Crippen LogP contribution in [0.1, 0.15) is 31.2 Å². The lowest BCUT2D eigenvalue weighted by atomic mass is 9.99. The van der Waals surface area contributed by atoms with Crippen LogP contribution in [0.15, 0.2) is 29.3 Å². The zero-order valence-electron chi connectivity index (χ0n) is 14.4. The lowest BCUT2D eigenvalue weighted by Gasteiger charge is -2.24. The van der Waals surface area contributed by atoms with Gasteiger partial charge in [0.1, 0.15) is 5.82 Å². The van der Waals surface area contributed by atoms with Crippen LogP contribution in [0.4, 0.5) is 4.39 Å². The summed E-state index contributed by atoms with van der Waals surface area (Å²) in [5.74, 6) is 1.69. The van der Waals surface area contributed by atoms with Gasteiger partial charge in [-0.3, -0.25) is 4.99 Å². The molecule has 0 bridgehead atoms. The first-order chi connectivity index (χ1) is 11.7. The quantitative estimate of drug-likeness (QED) is 0.657. The molecule has 2 N–H and O–H groups in total. The summed E-state index contributed by atoms with van der Waals surface area (Å²) in [6, 6.07) is 6.84. The topological polar surface area (TPSA) is 47.9 Å². The third-order valence-electron chi connectivity index (χ3n) is 5.38. The van der Waals surface area contributed by atoms with E-state index in [4.69, 9.17) is 0 Å². The Bertz CT molecular complexity index is 560. The first-order valence-corrected chi connectivity index (χ1v) is 9.04. The highest BCUT2D eigenvalue weighted by atomic mass is 19.1. The number of benzene rings is 1. The summed E-state index contributed by atoms with van der Waals surface area (Å²) in [7, 11) is 1.82. The molecule has 132 valence electrons. The fourth-order valence-electron chi connectivity index (χ4n) is 3.96. The van der Waals surface area contributed by atoms with E-state index in [-0.39, 0.29) is 11.9 Å². The number of nitrogens with one attached hydrogen (secondary N) is 1. The lowest BCUT2D eigenvalue weighted by Crippen LogP contribution is -2.43. The second-order valence-corrected chi connectivity index (χ2v) is 7.12. The number of aliphatic imine (C=N–C) groups is 1. The molecule has 3 rings (SSSR count). The van der Waals surface area contributed by atoms with Crippen molar-refractivity contribution in [3.8, 4) is 0 Å². The maximum absolute atomic E-state index is 13.0. The highest BCUT2D eigenvalue weighted by molar-refractivity contribution is 5.80. The molecule has 5 heteroatoms. The van der Waals surface area contributed by atoms with Crippen molar-refractivity contribution in [2.24, 2.45) is 16.8 Å². The predicted octanol–water partition coefficient (Wildman–Crippen LogP) is 2.43. The highest BCUT2D eigenvalue weighted by Gasteiger charge is 2.28. The first kappa shape index (κ1) is 17.2. The van der Waals surface area contributed by atoms with Gasteiger partial charge in [0.15, 0.2) is 5.96 Å². The molecule has 3 atom stereocenters. The third-order valence-corrected chi connectivity index (χ3v) is 5.38. The van der Waals surface area contributed by atoms with E-state index in [0.29, 0.717) is 11.8 Å². The molecule has 1 aromatic carbocycles. The molecule has 1 aliphatic heterocycles. The van der Waals surface area contributed by atoms with E-state index in [1.165, 1.54) is 17.7 Å². The van der Waals surface area contributed by atoms with E-state index in [9.17, 15) is 9.50 Å². The smallest absolute Gasteiger partial charge is 0.193 e. The molecule has 0 spiro atoms. The molecule has 1 heterocycles. The van der Waals surface area contributed by atoms with Crippen LogP contribution in [0.25, 0.3) is 0 Å². The molecule has 1 aliphatic carbocycles. The maximum Gasteiger partial charge on any atom is 0.193 e. The summed E-state index contributed by atoms with van der Waals surface area (Å²) in [6.45, 7) is 2.77. The maximum atomic E-state index is 13.0. The zero-order chi connectivity index (χ0) is 16.9. The Morgan fingerprint density at radius 3 is 2.75 bits per heavy atom. The van der Waals surface area contributed by atoms with Crippen molar-refractivity contribution in [1.29, 1.82) is 0 Å². The number of aliphatic hydroxyl groups is 1. The molecule has 2 fully saturated rings. The van der Waals surface area contributed by atoms with Crippen LogP contribution in [-0.4, -0.2) is 48.8 Å². The number of guanidine groups is 1. The molecule has 24 heavy (non-hydrogen) atoms. The highest BCUT2D eigenvalue weighted by Crippen LogP contribution is 2.25. The summed E-state index contributed by atoms with van der Waals surface area (Å²) in [4.78, 5) is 6.71. The SMILES string of the molecule is CN=C(NCC1CCCC1O)N1CCC(Cc2ccc(F)cc2)C1. The largest absolute Gasteiger partial charge is 0.393 e. The molecular weight excluding hydrogens is 305 g/mol. The van der Waals surface area contributed by atoms with Crippen LogP contribution >= 0.6 is 0 Å². The van der Waals surface area contributed by atoms with Gasteiger partial charge in [0, 0.05) is 32.6 Å². The number of rotatable bonds is 4. The molecule has 1 aromatic rings. The minimum absolute atomic E-state index is 0.166. The van der Waals surface area contributed by atoms with Crippen molar-refractivity contribution >= 4 is 5.96 Å². The van der Waals surface area contributed by atoms with E-state index < -0.39 is 0 Å². The molecule has 0 amide bonds. The van der Waals surface area contributed by atoms with Crippen molar-refractivity contribution in [1.82, 2.24) is 10.2 Å². The zero-order valence-corrected chi connectivity index (χ0v) is 14.4. The van der Waals surface area contributed by atoms with Crippen molar-refractivity contribution in [3.63, 3.8) is 0 Å². The Morgan fingerprint density at radius 2 is 2.08 bits per heavy atom. The Balaban J connectivity index is 1.48. The van der Waals surface area contributed by atoms with Gasteiger partial charge in [0.05, 0.1) is 6.10 Å². The van der Waals surface area contributed by atoms with Crippen molar-refractivity contribution < 1.29 is 9.50 Å². The molecule has 4 nitrogen and oxygen atoms in total. The van der Waals surface area contributed by atoms with Gasteiger partial charge in [0.2, 0.25) is 0 Å². The molecule has 1 saturated carbocycles. The Morgan fingerprint density at radius 1 is 1.29 bits per heavy atom. The van der Waals surface area contributed by atoms with Gasteiger partial charge in [-0.25, -0.2) is 4.39 Å². The van der Waals surface area contributed by atoms with Gasteiger partial charge in [-0.05, 0) is 49.3 Å². The number of hydrogen-bond donors (Lipinski definition) is 2. The molecule has 1 saturated heterocycles. The molecular formula is C19H28FN3O. The second-order valence-electron chi connectivity index (χ2n) is 7.12. The molecule has 2 aliphatic rings. The first-order valence-electron chi connectivity index (χ1n) is 9.04. The van der Waals surface area contributed by atoms with Gasteiger partial charge in [-0.2, -0.15) is 0 Å². The number of nitrogens with zero attached hydrogens (tertiary/aromatic N) is 2. The van der Waals surface area contributed by atoms with Gasteiger partial charge in [-0.15, -0.1) is 0 Å². The van der Waals surface area contributed by atoms with Crippen molar-refractivity contribution in [3.05, 3.63) is 35.6 Å². The summed E-state index contributed by atoms with van der Waals surface area (Å²) in [5.41, 5.74) is 1.19. The number of aliphatic hydroxyl groups excluding tert-OH is 1. The fourth-order valence-corrected chi connectivity index (χ4v) is 3.96. The second kappa shape index (κ2) is 7.97. The number of halogens is 1. The van der Waals surface area contributed by atoms with Crippen LogP contribution < -0.4 is 5.32 Å². The van der Waals surface area contributed by atoms with Crippen molar-refractivity contribution in [2.45, 2.75) is 38.2 Å². The van der Waals surface area contributed by atoms with Crippen LogP contribution in [-0.2, 0) is 6.42 Å². The minimum Gasteiger partial charge on any atom is -0.393 e. The molecule has 0 aromatic heterocycles. The Labute approximate surface area is 143 Å². The fraction of sp³-hybridized carbons (Fsp3) is 0.632. The van der Waals surface area contributed by atoms with Crippen LogP contribution in [0, 0.1) is 17.7 Å². The summed E-state index contributed by atoms with van der Waals surface area (Å²) < 4.78 is 13.0. The van der Waals surface area contributed by atoms with E-state index in [0.717, 1.165) is 57.7 Å². The standard InChI is InChI=1S/C19H28FN3O/c1-21-19(22-12-16-3-2-4-18(16)24)23-10-9-15(13-23)11-14-5-7-17(20)8-6-14/h5-8,15-16,18,24H,2-4,9-13H2,1H3,(H,21,22). The average Bonchev–Trinajstić information content (AvgIpc) is 3.20. The van der Waals surface area contributed by atoms with Gasteiger partial charge in [-0.1, -0.05) is 18.6 Å². The summed E-state index contributed by atoms with van der Waals surface area (Å²) >= 11 is 0. The summed E-state index contributed by atoms with van der Waals surface area (Å²) in [5, 5.41) is 13.4. The average molecular weight is 333 g/mol. The minimum atomic E-state index is -0.175. The van der Waals surface area contributed by atoms with E-state index in [2.05, 4.69) is 15.2 Å². The number of hydrogen-bond acceptors (Lipinski definition) is 2. The van der Waals surface area contributed by atoms with Gasteiger partial charge < -0.3 is 15.3 Å². The Hall–Kier alpha value is -1.62. The van der Waals surface area contributed by atoms with Crippen molar-refractivity contribution in [2.75, 3.05) is 26.7 Å². The van der Waals surface area contributed by atoms with E-state index in [1.807, 2.05) is 19.2 Å². The lowest BCUT2D eigenvalue weighted by molar-refractivity contribution is 0.134. The molecule has 3 unspecified atom stereocenters. The Kier molecular flexibility index (Phi) is 5.72. The van der Waals surface area contributed by atoms with E-state index >= 15 is 0 Å². The van der Waals surface area contributed by atoms with Gasteiger partial charge in [0.25, 0.3) is 0 Å². The van der Waals surface area contributed by atoms with Crippen LogP contribution in [0.5, 0.6) is 0 Å². The summed E-state index contributed by atoms with van der Waals surface area (Å²) in [6.07, 6.45) is 5.09. The molecule has 0 radical (unpaired) electrons. The van der Waals surface area contributed by atoms with E-state index in [1.54, 1.807) is 0 Å². The normalized spacial score (nSPS) is 27.7. The van der Waals surface area contributed by atoms with Crippen LogP contribution in [0.3, 0.4) is 0 Å². The number of likely N-dealkylation sites (tertiary alicyclic amines) is 1. The van der Waals surface area contributed by atoms with Crippen LogP contribution in [0.2, 0.25) is 0 Å².